The second kappa shape index (κ2) is 9.60. The highest BCUT2D eigenvalue weighted by molar-refractivity contribution is 7.89. The fourth-order valence-corrected chi connectivity index (χ4v) is 6.67. The third-order valence-corrected chi connectivity index (χ3v) is 8.72. The summed E-state index contributed by atoms with van der Waals surface area (Å²) in [4.78, 5) is 13.3. The largest absolute Gasteiger partial charge is 0.326 e. The lowest BCUT2D eigenvalue weighted by atomic mass is 9.80. The van der Waals surface area contributed by atoms with Gasteiger partial charge in [0.1, 0.15) is 11.7 Å². The van der Waals surface area contributed by atoms with Gasteiger partial charge in [-0.2, -0.15) is 9.19 Å². The van der Waals surface area contributed by atoms with E-state index < -0.39 is 28.0 Å². The highest BCUT2D eigenvalue weighted by atomic mass is 32.2. The lowest BCUT2D eigenvalue weighted by molar-refractivity contribution is 0.0150. The molecule has 9 nitrogen and oxygen atoms in total. The van der Waals surface area contributed by atoms with E-state index in [1.165, 1.54) is 12.2 Å². The fourth-order valence-electron chi connectivity index (χ4n) is 6.11. The van der Waals surface area contributed by atoms with Gasteiger partial charge in [-0.25, -0.2) is 17.2 Å². The van der Waals surface area contributed by atoms with E-state index in [1.807, 2.05) is 12.1 Å². The van der Waals surface area contributed by atoms with Gasteiger partial charge in [0.2, 0.25) is 0 Å². The van der Waals surface area contributed by atoms with Gasteiger partial charge in [-0.05, 0) is 30.7 Å². The predicted octanol–water partition coefficient (Wildman–Crippen LogP) is 2.65. The second-order valence-corrected chi connectivity index (χ2v) is 12.3. The van der Waals surface area contributed by atoms with Crippen LogP contribution in [0.3, 0.4) is 0 Å². The first-order chi connectivity index (χ1) is 18.2. The maximum absolute atomic E-state index is 15.1. The van der Waals surface area contributed by atoms with E-state index in [4.69, 9.17) is 5.73 Å². The van der Waals surface area contributed by atoms with Crippen molar-refractivity contribution in [1.29, 1.82) is 0 Å². The monoisotopic (exact) mass is 541 g/mol. The summed E-state index contributed by atoms with van der Waals surface area (Å²) in [5, 5.41) is 5.18. The van der Waals surface area contributed by atoms with Crippen LogP contribution < -0.4 is 5.73 Å². The van der Waals surface area contributed by atoms with Crippen LogP contribution in [0.5, 0.6) is 0 Å². The van der Waals surface area contributed by atoms with Crippen LogP contribution in [0, 0.1) is 5.92 Å². The Hall–Kier alpha value is -3.06. The standard InChI is InChI=1S/C26H29F2N7O2S/c1-38(36,37)35-13-18-12-33(15-24(18)32-35)20-8-23(29)26(21-7-19(27)4-5-22(21)28)34(14-20)11-17-10-30-9-16-3-2-6-31-25(16)17/h2-6,9-10,13,20-21,23,26H,7-8,11-12,14-15,29H2,1H3/t20-,21?,23?,26+/m0/s1. The number of hydrogen-bond donors (Lipinski definition) is 1. The van der Waals surface area contributed by atoms with Crippen LogP contribution in [-0.2, 0) is 29.7 Å². The van der Waals surface area contributed by atoms with E-state index in [0.29, 0.717) is 32.6 Å². The Bertz CT molecular complexity index is 1530. The molecule has 0 spiro atoms. The molecule has 4 atom stereocenters. The van der Waals surface area contributed by atoms with Gasteiger partial charge < -0.3 is 5.73 Å². The first-order valence-corrected chi connectivity index (χ1v) is 14.4. The van der Waals surface area contributed by atoms with E-state index in [-0.39, 0.29) is 24.1 Å². The van der Waals surface area contributed by atoms with Gasteiger partial charge >= 0.3 is 0 Å². The van der Waals surface area contributed by atoms with Gasteiger partial charge in [0, 0.05) is 97.9 Å². The van der Waals surface area contributed by atoms with E-state index in [1.54, 1.807) is 24.8 Å². The molecule has 0 radical (unpaired) electrons. The summed E-state index contributed by atoms with van der Waals surface area (Å²) in [5.41, 5.74) is 10.1. The van der Waals surface area contributed by atoms with Gasteiger partial charge in [-0.1, -0.05) is 0 Å². The Morgan fingerprint density at radius 1 is 1.18 bits per heavy atom. The van der Waals surface area contributed by atoms with Crippen LogP contribution in [0.1, 0.15) is 29.7 Å². The van der Waals surface area contributed by atoms with E-state index >= 15 is 4.39 Å². The highest BCUT2D eigenvalue weighted by Gasteiger charge is 2.44. The van der Waals surface area contributed by atoms with Gasteiger partial charge in [0.15, 0.2) is 0 Å². The van der Waals surface area contributed by atoms with Gasteiger partial charge in [0.25, 0.3) is 10.0 Å². The molecule has 3 aromatic rings. The zero-order chi connectivity index (χ0) is 26.6. The van der Waals surface area contributed by atoms with Crippen molar-refractivity contribution in [1.82, 2.24) is 29.0 Å². The smallest absolute Gasteiger partial charge is 0.250 e. The Balaban J connectivity index is 1.30. The number of pyridine rings is 2. The number of allylic oxidation sites excluding steroid dienone is 3. The topological polar surface area (TPSA) is 110 Å². The number of rotatable bonds is 5. The fraction of sp³-hybridized carbons (Fsp3) is 0.423. The number of nitrogens with two attached hydrogens (primary N) is 1. The van der Waals surface area contributed by atoms with Crippen LogP contribution in [0.4, 0.5) is 8.78 Å². The average molecular weight is 542 g/mol. The molecule has 38 heavy (non-hydrogen) atoms. The molecular formula is C26H29F2N7O2S. The van der Waals surface area contributed by atoms with Crippen LogP contribution in [-0.4, -0.2) is 68.3 Å². The van der Waals surface area contributed by atoms with E-state index in [9.17, 15) is 12.8 Å². The molecule has 0 amide bonds. The Kier molecular flexibility index (Phi) is 6.37. The van der Waals surface area contributed by atoms with E-state index in [0.717, 1.165) is 38.1 Å². The first kappa shape index (κ1) is 25.2. The molecule has 3 aromatic heterocycles. The molecule has 0 bridgehead atoms. The summed E-state index contributed by atoms with van der Waals surface area (Å²) < 4.78 is 54.2. The minimum atomic E-state index is -3.45. The normalized spacial score (nSPS) is 26.8. The van der Waals surface area contributed by atoms with Crippen molar-refractivity contribution < 1.29 is 17.2 Å². The molecule has 3 aliphatic rings. The molecule has 2 N–H and O–H groups in total. The molecule has 1 saturated heterocycles. The lowest BCUT2D eigenvalue weighted by Gasteiger charge is -2.48. The molecule has 2 aliphatic heterocycles. The molecule has 2 unspecified atom stereocenters. The van der Waals surface area contributed by atoms with Crippen LogP contribution in [0.25, 0.3) is 10.9 Å². The Labute approximate surface area is 219 Å². The van der Waals surface area contributed by atoms with Crippen molar-refractivity contribution in [3.8, 4) is 0 Å². The minimum absolute atomic E-state index is 0.0223. The molecule has 12 heteroatoms. The number of fused-ring (bicyclic) bond motifs is 2. The van der Waals surface area contributed by atoms with Crippen molar-refractivity contribution in [3.05, 3.63) is 77.5 Å². The van der Waals surface area contributed by atoms with Crippen molar-refractivity contribution >= 4 is 20.9 Å². The maximum Gasteiger partial charge on any atom is 0.250 e. The average Bonchev–Trinajstić information content (AvgIpc) is 3.46. The summed E-state index contributed by atoms with van der Waals surface area (Å²) in [6.45, 7) is 2.06. The lowest BCUT2D eigenvalue weighted by Crippen LogP contribution is -2.62. The predicted molar refractivity (Wildman–Crippen MR) is 138 cm³/mol. The first-order valence-electron chi connectivity index (χ1n) is 12.6. The number of hydrogen-bond acceptors (Lipinski definition) is 8. The third kappa shape index (κ3) is 4.66. The molecule has 1 fully saturated rings. The quantitative estimate of drug-likeness (QED) is 0.525. The molecule has 200 valence electrons. The molecule has 0 saturated carbocycles. The summed E-state index contributed by atoms with van der Waals surface area (Å²) in [5.74, 6) is -1.40. The highest BCUT2D eigenvalue weighted by Crippen LogP contribution is 2.38. The maximum atomic E-state index is 15.1. The minimum Gasteiger partial charge on any atom is -0.326 e. The molecule has 5 heterocycles. The Morgan fingerprint density at radius 3 is 2.82 bits per heavy atom. The van der Waals surface area contributed by atoms with Crippen LogP contribution >= 0.6 is 0 Å². The molecule has 6 rings (SSSR count). The number of piperidine rings is 1. The second-order valence-electron chi connectivity index (χ2n) is 10.5. The van der Waals surface area contributed by atoms with Crippen molar-refractivity contribution in [2.45, 2.75) is 50.6 Å². The van der Waals surface area contributed by atoms with Crippen molar-refractivity contribution in [3.63, 3.8) is 0 Å². The van der Waals surface area contributed by atoms with Crippen LogP contribution in [0.15, 0.2) is 60.7 Å². The molecule has 1 aliphatic carbocycles. The molecule has 0 aromatic carbocycles. The number of likely N-dealkylation sites (tertiary alicyclic amines) is 1. The van der Waals surface area contributed by atoms with Gasteiger partial charge in [-0.15, -0.1) is 0 Å². The van der Waals surface area contributed by atoms with Crippen LogP contribution in [0.2, 0.25) is 0 Å². The van der Waals surface area contributed by atoms with Crippen molar-refractivity contribution in [2.24, 2.45) is 11.7 Å². The summed E-state index contributed by atoms with van der Waals surface area (Å²) in [6, 6.07) is 2.99. The molecular weight excluding hydrogens is 512 g/mol. The number of halogens is 2. The van der Waals surface area contributed by atoms with Gasteiger partial charge in [-0.3, -0.25) is 19.8 Å². The summed E-state index contributed by atoms with van der Waals surface area (Å²) in [6.07, 6.45) is 10.9. The summed E-state index contributed by atoms with van der Waals surface area (Å²) >= 11 is 0. The SMILES string of the molecule is CS(=O)(=O)n1cc2c(n1)CN([C@H]1CC(N)[C@@H](C3CC(F)=CC=C3F)N(Cc3cncc4cccnc34)C1)C2. The zero-order valence-electron chi connectivity index (χ0n) is 20.9. The third-order valence-electron chi connectivity index (χ3n) is 7.85. The Morgan fingerprint density at radius 2 is 2.03 bits per heavy atom. The van der Waals surface area contributed by atoms with Gasteiger partial charge in [0.05, 0.1) is 17.5 Å². The number of aromatic nitrogens is 4. The van der Waals surface area contributed by atoms with E-state index in [2.05, 4.69) is 24.9 Å². The zero-order valence-corrected chi connectivity index (χ0v) is 21.7. The summed E-state index contributed by atoms with van der Waals surface area (Å²) in [7, 11) is -3.45. The van der Waals surface area contributed by atoms with Crippen molar-refractivity contribution in [2.75, 3.05) is 12.8 Å². The number of nitrogens with zero attached hydrogens (tertiary/aromatic N) is 6.